The molecule has 0 saturated carbocycles. The van der Waals surface area contributed by atoms with Crippen molar-refractivity contribution in [1.29, 1.82) is 0 Å². The van der Waals surface area contributed by atoms with Gasteiger partial charge in [0.15, 0.2) is 5.03 Å². The standard InChI is InChI=1S/C11H18N6O2S/c1-8-10(4-12)11(15-14-8)20(18,19)17(3)7-9-5-13-16(2)6-9/h5-6H,4,7,12H2,1-3H3,(H,14,15). The van der Waals surface area contributed by atoms with Gasteiger partial charge in [-0.1, -0.05) is 0 Å². The summed E-state index contributed by atoms with van der Waals surface area (Å²) in [6.07, 6.45) is 3.40. The topological polar surface area (TPSA) is 110 Å². The lowest BCUT2D eigenvalue weighted by Crippen LogP contribution is -2.27. The van der Waals surface area contributed by atoms with E-state index in [1.807, 2.05) is 0 Å². The number of nitrogens with one attached hydrogen (secondary N) is 1. The summed E-state index contributed by atoms with van der Waals surface area (Å²) >= 11 is 0. The molecule has 0 amide bonds. The molecule has 0 unspecified atom stereocenters. The van der Waals surface area contributed by atoms with Crippen molar-refractivity contribution in [1.82, 2.24) is 24.3 Å². The summed E-state index contributed by atoms with van der Waals surface area (Å²) in [5.74, 6) is 0. The lowest BCUT2D eigenvalue weighted by Gasteiger charge is -2.15. The van der Waals surface area contributed by atoms with Gasteiger partial charge in [-0.3, -0.25) is 9.78 Å². The fourth-order valence-electron chi connectivity index (χ4n) is 1.93. The zero-order valence-corrected chi connectivity index (χ0v) is 12.5. The largest absolute Gasteiger partial charge is 0.326 e. The lowest BCUT2D eigenvalue weighted by atomic mass is 10.3. The Balaban J connectivity index is 2.29. The normalized spacial score (nSPS) is 12.2. The molecular formula is C11H18N6O2S. The van der Waals surface area contributed by atoms with Crippen LogP contribution >= 0.6 is 0 Å². The molecule has 0 atom stereocenters. The summed E-state index contributed by atoms with van der Waals surface area (Å²) in [7, 11) is -0.390. The van der Waals surface area contributed by atoms with E-state index in [0.717, 1.165) is 5.56 Å². The number of nitrogens with two attached hydrogens (primary N) is 1. The Morgan fingerprint density at radius 1 is 1.50 bits per heavy atom. The second kappa shape index (κ2) is 5.35. The number of aryl methyl sites for hydroxylation is 2. The Morgan fingerprint density at radius 3 is 2.75 bits per heavy atom. The molecule has 0 spiro atoms. The molecule has 0 aliphatic carbocycles. The number of aromatic nitrogens is 4. The smallest absolute Gasteiger partial charge is 0.262 e. The minimum atomic E-state index is -3.68. The van der Waals surface area contributed by atoms with Crippen molar-refractivity contribution in [2.75, 3.05) is 7.05 Å². The van der Waals surface area contributed by atoms with Crippen molar-refractivity contribution in [3.63, 3.8) is 0 Å². The highest BCUT2D eigenvalue weighted by atomic mass is 32.2. The molecule has 2 rings (SSSR count). The molecule has 0 radical (unpaired) electrons. The molecule has 0 bridgehead atoms. The van der Waals surface area contributed by atoms with Gasteiger partial charge in [-0.2, -0.15) is 14.5 Å². The third kappa shape index (κ3) is 2.60. The minimum absolute atomic E-state index is 0.0103. The fraction of sp³-hybridized carbons (Fsp3) is 0.455. The van der Waals surface area contributed by atoms with Crippen LogP contribution in [0.4, 0.5) is 0 Å². The monoisotopic (exact) mass is 298 g/mol. The molecule has 2 heterocycles. The molecule has 20 heavy (non-hydrogen) atoms. The van der Waals surface area contributed by atoms with Crippen LogP contribution in [0.2, 0.25) is 0 Å². The summed E-state index contributed by atoms with van der Waals surface area (Å²) in [5.41, 5.74) is 7.58. The number of H-pyrrole nitrogens is 1. The van der Waals surface area contributed by atoms with Crippen LogP contribution in [0.5, 0.6) is 0 Å². The predicted molar refractivity (Wildman–Crippen MR) is 73.1 cm³/mol. The number of hydrogen-bond donors (Lipinski definition) is 2. The third-order valence-corrected chi connectivity index (χ3v) is 4.83. The van der Waals surface area contributed by atoms with Gasteiger partial charge in [-0.25, -0.2) is 8.42 Å². The van der Waals surface area contributed by atoms with Gasteiger partial charge in [-0.05, 0) is 6.92 Å². The Labute approximate surface area is 117 Å². The number of aromatic amines is 1. The van der Waals surface area contributed by atoms with E-state index in [2.05, 4.69) is 15.3 Å². The molecule has 0 aliphatic rings. The third-order valence-electron chi connectivity index (χ3n) is 3.06. The zero-order valence-electron chi connectivity index (χ0n) is 11.7. The average Bonchev–Trinajstić information content (AvgIpc) is 2.95. The maximum Gasteiger partial charge on any atom is 0.262 e. The van der Waals surface area contributed by atoms with E-state index in [-0.39, 0.29) is 18.1 Å². The van der Waals surface area contributed by atoms with Gasteiger partial charge in [0, 0.05) is 50.2 Å². The SMILES string of the molecule is Cc1[nH]nc(S(=O)(=O)N(C)Cc2cnn(C)c2)c1CN. The van der Waals surface area contributed by atoms with Gasteiger partial charge in [0.2, 0.25) is 0 Å². The number of nitrogens with zero attached hydrogens (tertiary/aromatic N) is 4. The van der Waals surface area contributed by atoms with Gasteiger partial charge in [0.25, 0.3) is 10.0 Å². The van der Waals surface area contributed by atoms with E-state index in [9.17, 15) is 8.42 Å². The van der Waals surface area contributed by atoms with Crippen LogP contribution < -0.4 is 5.73 Å². The first-order valence-electron chi connectivity index (χ1n) is 6.04. The zero-order chi connectivity index (χ0) is 14.9. The molecule has 2 aromatic heterocycles. The van der Waals surface area contributed by atoms with Crippen molar-refractivity contribution in [2.24, 2.45) is 12.8 Å². The van der Waals surface area contributed by atoms with E-state index in [1.54, 1.807) is 31.0 Å². The summed E-state index contributed by atoms with van der Waals surface area (Å²) < 4.78 is 27.9. The molecule has 0 aromatic carbocycles. The van der Waals surface area contributed by atoms with E-state index >= 15 is 0 Å². The molecule has 110 valence electrons. The lowest BCUT2D eigenvalue weighted by molar-refractivity contribution is 0.462. The van der Waals surface area contributed by atoms with E-state index < -0.39 is 10.0 Å². The first-order valence-corrected chi connectivity index (χ1v) is 7.48. The fourth-order valence-corrected chi connectivity index (χ4v) is 3.25. The minimum Gasteiger partial charge on any atom is -0.326 e. The summed E-state index contributed by atoms with van der Waals surface area (Å²) in [6.45, 7) is 2.10. The van der Waals surface area contributed by atoms with Crippen LogP contribution in [0.15, 0.2) is 17.4 Å². The second-order valence-electron chi connectivity index (χ2n) is 4.62. The Morgan fingerprint density at radius 2 is 2.20 bits per heavy atom. The Kier molecular flexibility index (Phi) is 3.93. The number of rotatable bonds is 5. The van der Waals surface area contributed by atoms with Crippen LogP contribution in [0.3, 0.4) is 0 Å². The molecule has 0 aliphatic heterocycles. The first kappa shape index (κ1) is 14.7. The van der Waals surface area contributed by atoms with Crippen molar-refractivity contribution in [3.05, 3.63) is 29.2 Å². The van der Waals surface area contributed by atoms with Crippen LogP contribution in [0.25, 0.3) is 0 Å². The van der Waals surface area contributed by atoms with Gasteiger partial charge in [0.1, 0.15) is 0 Å². The van der Waals surface area contributed by atoms with Crippen LogP contribution in [-0.2, 0) is 30.2 Å². The predicted octanol–water partition coefficient (Wildman–Crippen LogP) is -0.269. The number of sulfonamides is 1. The average molecular weight is 298 g/mol. The summed E-state index contributed by atoms with van der Waals surface area (Å²) in [5, 5.41) is 10.5. The Hall–Kier alpha value is -1.71. The molecule has 0 fully saturated rings. The second-order valence-corrected chi connectivity index (χ2v) is 6.58. The van der Waals surface area contributed by atoms with E-state index in [0.29, 0.717) is 11.3 Å². The van der Waals surface area contributed by atoms with E-state index in [1.165, 1.54) is 11.4 Å². The van der Waals surface area contributed by atoms with Crippen molar-refractivity contribution < 1.29 is 8.42 Å². The van der Waals surface area contributed by atoms with E-state index in [4.69, 9.17) is 5.73 Å². The first-order chi connectivity index (χ1) is 9.36. The van der Waals surface area contributed by atoms with Crippen LogP contribution in [0.1, 0.15) is 16.8 Å². The maximum absolute atomic E-state index is 12.5. The quantitative estimate of drug-likeness (QED) is 0.789. The molecule has 3 N–H and O–H groups in total. The van der Waals surface area contributed by atoms with Gasteiger partial charge < -0.3 is 5.73 Å². The molecule has 8 nitrogen and oxygen atoms in total. The molecular weight excluding hydrogens is 280 g/mol. The van der Waals surface area contributed by atoms with Crippen molar-refractivity contribution in [2.45, 2.75) is 25.0 Å². The van der Waals surface area contributed by atoms with Gasteiger partial charge in [0.05, 0.1) is 6.20 Å². The highest BCUT2D eigenvalue weighted by molar-refractivity contribution is 7.89. The molecule has 0 saturated heterocycles. The molecule has 2 aromatic rings. The van der Waals surface area contributed by atoms with Gasteiger partial charge in [-0.15, -0.1) is 0 Å². The van der Waals surface area contributed by atoms with Gasteiger partial charge >= 0.3 is 0 Å². The van der Waals surface area contributed by atoms with Crippen molar-refractivity contribution >= 4 is 10.0 Å². The summed E-state index contributed by atoms with van der Waals surface area (Å²) in [6, 6.07) is 0. The highest BCUT2D eigenvalue weighted by Crippen LogP contribution is 2.20. The number of hydrogen-bond acceptors (Lipinski definition) is 5. The van der Waals surface area contributed by atoms with Crippen LogP contribution in [0, 0.1) is 6.92 Å². The van der Waals surface area contributed by atoms with Crippen molar-refractivity contribution in [3.8, 4) is 0 Å². The summed E-state index contributed by atoms with van der Waals surface area (Å²) in [4.78, 5) is 0. The van der Waals surface area contributed by atoms with Crippen LogP contribution in [-0.4, -0.2) is 39.7 Å². The Bertz CT molecular complexity index is 702. The highest BCUT2D eigenvalue weighted by Gasteiger charge is 2.27. The maximum atomic E-state index is 12.5. The molecule has 9 heteroatoms.